The Morgan fingerprint density at radius 2 is 1.90 bits per heavy atom. The van der Waals surface area contributed by atoms with Crippen molar-refractivity contribution in [3.8, 4) is 0 Å². The van der Waals surface area contributed by atoms with Crippen molar-refractivity contribution in [3.63, 3.8) is 0 Å². The molecule has 110 valence electrons. The zero-order chi connectivity index (χ0) is 15.2. The van der Waals surface area contributed by atoms with Gasteiger partial charge in [0.15, 0.2) is 6.04 Å². The van der Waals surface area contributed by atoms with Gasteiger partial charge in [0.1, 0.15) is 5.82 Å². The predicted octanol–water partition coefficient (Wildman–Crippen LogP) is 3.85. The van der Waals surface area contributed by atoms with Crippen molar-refractivity contribution in [3.05, 3.63) is 65.5 Å². The Morgan fingerprint density at radius 1 is 1.19 bits per heavy atom. The van der Waals surface area contributed by atoms with E-state index < -0.39 is 12.0 Å². The highest BCUT2D eigenvalue weighted by atomic mass is 19.1. The van der Waals surface area contributed by atoms with E-state index in [9.17, 15) is 9.18 Å². The summed E-state index contributed by atoms with van der Waals surface area (Å²) in [6, 6.07) is 13.2. The van der Waals surface area contributed by atoms with E-state index in [0.29, 0.717) is 5.69 Å². The van der Waals surface area contributed by atoms with E-state index in [1.165, 1.54) is 6.07 Å². The monoisotopic (exact) mass is 287 g/mol. The largest absolute Gasteiger partial charge is 0.464 e. The molecule has 1 unspecified atom stereocenters. The van der Waals surface area contributed by atoms with Crippen LogP contribution in [0.4, 0.5) is 10.1 Å². The molecule has 2 aromatic rings. The average Bonchev–Trinajstić information content (AvgIpc) is 2.48. The van der Waals surface area contributed by atoms with E-state index >= 15 is 0 Å². The van der Waals surface area contributed by atoms with Crippen LogP contribution < -0.4 is 5.32 Å². The molecule has 0 aliphatic heterocycles. The van der Waals surface area contributed by atoms with Crippen LogP contribution >= 0.6 is 0 Å². The van der Waals surface area contributed by atoms with E-state index in [1.807, 2.05) is 30.3 Å². The van der Waals surface area contributed by atoms with Gasteiger partial charge in [0.05, 0.1) is 12.3 Å². The topological polar surface area (TPSA) is 38.3 Å². The quantitative estimate of drug-likeness (QED) is 0.849. The van der Waals surface area contributed by atoms with Gasteiger partial charge in [-0.25, -0.2) is 9.18 Å². The van der Waals surface area contributed by atoms with Crippen LogP contribution in [-0.4, -0.2) is 12.6 Å². The maximum absolute atomic E-state index is 14.0. The molecule has 0 saturated carbocycles. The van der Waals surface area contributed by atoms with Gasteiger partial charge in [0, 0.05) is 0 Å². The van der Waals surface area contributed by atoms with Gasteiger partial charge in [-0.05, 0) is 31.0 Å². The molecule has 0 radical (unpaired) electrons. The zero-order valence-electron chi connectivity index (χ0n) is 12.1. The third-order valence-electron chi connectivity index (χ3n) is 3.17. The van der Waals surface area contributed by atoms with Gasteiger partial charge >= 0.3 is 5.97 Å². The lowest BCUT2D eigenvalue weighted by Gasteiger charge is -2.20. The van der Waals surface area contributed by atoms with E-state index in [1.54, 1.807) is 26.0 Å². The fraction of sp³-hybridized carbons (Fsp3) is 0.235. The highest BCUT2D eigenvalue weighted by Gasteiger charge is 2.23. The van der Waals surface area contributed by atoms with E-state index in [-0.39, 0.29) is 12.4 Å². The number of hydrogen-bond donors (Lipinski definition) is 1. The second kappa shape index (κ2) is 6.88. The predicted molar refractivity (Wildman–Crippen MR) is 80.6 cm³/mol. The molecule has 0 heterocycles. The molecule has 1 atom stereocenters. The first-order valence-corrected chi connectivity index (χ1v) is 6.86. The average molecular weight is 287 g/mol. The lowest BCUT2D eigenvalue weighted by atomic mass is 10.1. The molecule has 21 heavy (non-hydrogen) atoms. The molecule has 0 fully saturated rings. The lowest BCUT2D eigenvalue weighted by Crippen LogP contribution is -2.24. The molecule has 0 spiro atoms. The molecule has 3 nitrogen and oxygen atoms in total. The van der Waals surface area contributed by atoms with Crippen molar-refractivity contribution in [2.45, 2.75) is 19.9 Å². The minimum Gasteiger partial charge on any atom is -0.464 e. The van der Waals surface area contributed by atoms with Crippen LogP contribution in [0.3, 0.4) is 0 Å². The fourth-order valence-electron chi connectivity index (χ4n) is 2.11. The number of hydrogen-bond acceptors (Lipinski definition) is 3. The molecule has 2 rings (SSSR count). The minimum atomic E-state index is -0.734. The highest BCUT2D eigenvalue weighted by Crippen LogP contribution is 2.26. The molecule has 0 bridgehead atoms. The number of ether oxygens (including phenoxy) is 1. The first-order chi connectivity index (χ1) is 10.1. The number of carbonyl (C=O) groups is 1. The number of anilines is 1. The Morgan fingerprint density at radius 3 is 2.52 bits per heavy atom. The molecule has 1 N–H and O–H groups in total. The lowest BCUT2D eigenvalue weighted by molar-refractivity contribution is -0.144. The normalized spacial score (nSPS) is 11.8. The van der Waals surface area contributed by atoms with Gasteiger partial charge in [-0.2, -0.15) is 0 Å². The standard InChI is InChI=1S/C17H18FNO2/c1-3-21-17(20)16(13-9-5-4-6-10-13)19-15-12(2)8-7-11-14(15)18/h4-11,16,19H,3H2,1-2H3. The summed E-state index contributed by atoms with van der Waals surface area (Å²) in [4.78, 5) is 12.2. The summed E-state index contributed by atoms with van der Waals surface area (Å²) in [5.41, 5.74) is 1.79. The van der Waals surface area contributed by atoms with Crippen LogP contribution in [0.1, 0.15) is 24.1 Å². The van der Waals surface area contributed by atoms with E-state index in [2.05, 4.69) is 5.32 Å². The zero-order valence-corrected chi connectivity index (χ0v) is 12.1. The van der Waals surface area contributed by atoms with Crippen LogP contribution in [0.25, 0.3) is 0 Å². The molecule has 0 saturated heterocycles. The number of carbonyl (C=O) groups excluding carboxylic acids is 1. The Balaban J connectivity index is 2.35. The van der Waals surface area contributed by atoms with Crippen molar-refractivity contribution < 1.29 is 13.9 Å². The Labute approximate surface area is 123 Å². The smallest absolute Gasteiger partial charge is 0.333 e. The van der Waals surface area contributed by atoms with Crippen LogP contribution in [0.5, 0.6) is 0 Å². The molecule has 2 aromatic carbocycles. The number of benzene rings is 2. The first-order valence-electron chi connectivity index (χ1n) is 6.86. The van der Waals surface area contributed by atoms with E-state index in [0.717, 1.165) is 11.1 Å². The van der Waals surface area contributed by atoms with Gasteiger partial charge in [-0.1, -0.05) is 42.5 Å². The molecule has 0 aliphatic carbocycles. The number of esters is 1. The second-order valence-corrected chi connectivity index (χ2v) is 4.67. The SMILES string of the molecule is CCOC(=O)C(Nc1c(C)cccc1F)c1ccccc1. The Kier molecular flexibility index (Phi) is 4.93. The van der Waals surface area contributed by atoms with Crippen molar-refractivity contribution in [1.82, 2.24) is 0 Å². The third kappa shape index (κ3) is 3.60. The molecular formula is C17H18FNO2. The Hall–Kier alpha value is -2.36. The van der Waals surface area contributed by atoms with Gasteiger partial charge in [0.25, 0.3) is 0 Å². The van der Waals surface area contributed by atoms with Crippen LogP contribution in [0.15, 0.2) is 48.5 Å². The van der Waals surface area contributed by atoms with Gasteiger partial charge in [0.2, 0.25) is 0 Å². The number of aryl methyl sites for hydroxylation is 1. The fourth-order valence-corrected chi connectivity index (χ4v) is 2.11. The number of nitrogens with one attached hydrogen (secondary N) is 1. The van der Waals surface area contributed by atoms with Crippen LogP contribution in [-0.2, 0) is 9.53 Å². The van der Waals surface area contributed by atoms with E-state index in [4.69, 9.17) is 4.74 Å². The van der Waals surface area contributed by atoms with Crippen molar-refractivity contribution in [1.29, 1.82) is 0 Å². The maximum Gasteiger partial charge on any atom is 0.333 e. The summed E-state index contributed by atoms with van der Waals surface area (Å²) in [5.74, 6) is -0.813. The summed E-state index contributed by atoms with van der Waals surface area (Å²) in [6.45, 7) is 3.81. The second-order valence-electron chi connectivity index (χ2n) is 4.67. The minimum absolute atomic E-state index is 0.278. The third-order valence-corrected chi connectivity index (χ3v) is 3.17. The summed E-state index contributed by atoms with van der Waals surface area (Å²) >= 11 is 0. The summed E-state index contributed by atoms with van der Waals surface area (Å²) in [5, 5.41) is 2.97. The number of para-hydroxylation sites is 1. The van der Waals surface area contributed by atoms with Gasteiger partial charge in [-0.15, -0.1) is 0 Å². The van der Waals surface area contributed by atoms with Crippen LogP contribution in [0, 0.1) is 12.7 Å². The van der Waals surface area contributed by atoms with Gasteiger partial charge in [-0.3, -0.25) is 0 Å². The van der Waals surface area contributed by atoms with Crippen molar-refractivity contribution in [2.75, 3.05) is 11.9 Å². The van der Waals surface area contributed by atoms with Crippen molar-refractivity contribution in [2.24, 2.45) is 0 Å². The Bertz CT molecular complexity index is 593. The first kappa shape index (κ1) is 15.0. The molecular weight excluding hydrogens is 269 g/mol. The summed E-state index contributed by atoms with van der Waals surface area (Å²) < 4.78 is 19.0. The molecule has 4 heteroatoms. The highest BCUT2D eigenvalue weighted by molar-refractivity contribution is 5.81. The summed E-state index contributed by atoms with van der Waals surface area (Å²) in [7, 11) is 0. The molecule has 0 aliphatic rings. The maximum atomic E-state index is 14.0. The van der Waals surface area contributed by atoms with Crippen LogP contribution in [0.2, 0.25) is 0 Å². The summed E-state index contributed by atoms with van der Waals surface area (Å²) in [6.07, 6.45) is 0. The molecule has 0 aromatic heterocycles. The van der Waals surface area contributed by atoms with Crippen molar-refractivity contribution >= 4 is 11.7 Å². The number of rotatable bonds is 5. The molecule has 0 amide bonds. The number of halogens is 1. The van der Waals surface area contributed by atoms with Gasteiger partial charge < -0.3 is 10.1 Å².